The van der Waals surface area contributed by atoms with E-state index in [0.29, 0.717) is 32.7 Å². The Morgan fingerprint density at radius 3 is 2.10 bits per heavy atom. The number of rotatable bonds is 13. The van der Waals surface area contributed by atoms with E-state index in [1.807, 2.05) is 32.0 Å². The first-order chi connectivity index (χ1) is 14.6. The Balaban J connectivity index is 1.69. The molecule has 0 amide bonds. The van der Waals surface area contributed by atoms with Gasteiger partial charge in [-0.2, -0.15) is 0 Å². The largest absolute Gasteiger partial charge is 0.466 e. The summed E-state index contributed by atoms with van der Waals surface area (Å²) in [6.07, 6.45) is 4.32. The number of carbonyl (C=O) groups excluding carboxylic acids is 2. The smallest absolute Gasteiger partial charge is 0.306 e. The highest BCUT2D eigenvalue weighted by Gasteiger charge is 2.39. The maximum absolute atomic E-state index is 12.1. The first-order valence-corrected chi connectivity index (χ1v) is 11.2. The van der Waals surface area contributed by atoms with Gasteiger partial charge in [-0.15, -0.1) is 0 Å². The number of unbranched alkanes of at least 4 members (excludes halogenated alkanes) is 1. The second kappa shape index (κ2) is 13.4. The molecule has 1 aromatic rings. The summed E-state index contributed by atoms with van der Waals surface area (Å²) in [5, 5.41) is 0. The van der Waals surface area contributed by atoms with Crippen molar-refractivity contribution in [2.75, 3.05) is 39.5 Å². The first-order valence-electron chi connectivity index (χ1n) is 11.2. The zero-order valence-corrected chi connectivity index (χ0v) is 18.6. The number of hydrogen-bond donors (Lipinski definition) is 0. The van der Waals surface area contributed by atoms with Crippen LogP contribution >= 0.6 is 0 Å². The van der Waals surface area contributed by atoms with Crippen molar-refractivity contribution in [2.24, 2.45) is 5.41 Å². The molecule has 0 saturated carbocycles. The third kappa shape index (κ3) is 8.84. The van der Waals surface area contributed by atoms with E-state index in [9.17, 15) is 9.59 Å². The Morgan fingerprint density at radius 1 is 0.933 bits per heavy atom. The summed E-state index contributed by atoms with van der Waals surface area (Å²) >= 11 is 0. The molecule has 1 aliphatic heterocycles. The predicted molar refractivity (Wildman–Crippen MR) is 116 cm³/mol. The van der Waals surface area contributed by atoms with Gasteiger partial charge in [-0.05, 0) is 70.1 Å². The SMILES string of the molecule is CCOC(=O)CC1(CC(=O)OCC)CCN(CCCCOCc2ccccc2)CC1. The van der Waals surface area contributed by atoms with Crippen molar-refractivity contribution < 1.29 is 23.8 Å². The fourth-order valence-corrected chi connectivity index (χ4v) is 4.01. The molecule has 0 radical (unpaired) electrons. The van der Waals surface area contributed by atoms with Crippen molar-refractivity contribution in [1.29, 1.82) is 0 Å². The lowest BCUT2D eigenvalue weighted by molar-refractivity contribution is -0.151. The normalized spacial score (nSPS) is 16.2. The van der Waals surface area contributed by atoms with Gasteiger partial charge < -0.3 is 19.1 Å². The zero-order chi connectivity index (χ0) is 21.7. The molecule has 1 aliphatic rings. The summed E-state index contributed by atoms with van der Waals surface area (Å²) in [6, 6.07) is 10.2. The first kappa shape index (κ1) is 24.4. The van der Waals surface area contributed by atoms with Crippen LogP contribution in [0.4, 0.5) is 0 Å². The van der Waals surface area contributed by atoms with E-state index in [0.717, 1.165) is 51.9 Å². The molecule has 6 nitrogen and oxygen atoms in total. The van der Waals surface area contributed by atoms with E-state index in [4.69, 9.17) is 14.2 Å². The van der Waals surface area contributed by atoms with Crippen LogP contribution in [0.15, 0.2) is 30.3 Å². The Kier molecular flexibility index (Phi) is 10.9. The standard InChI is InChI=1S/C24H37NO5/c1-3-29-22(26)18-24(19-23(27)30-4-2)12-15-25(16-13-24)14-8-9-17-28-20-21-10-6-5-7-11-21/h5-7,10-11H,3-4,8-9,12-20H2,1-2H3. The number of likely N-dealkylation sites (tertiary alicyclic amines) is 1. The van der Waals surface area contributed by atoms with Crippen LogP contribution in [0.25, 0.3) is 0 Å². The summed E-state index contributed by atoms with van der Waals surface area (Å²) < 4.78 is 16.1. The number of piperidine rings is 1. The Labute approximate surface area is 180 Å². The Hall–Kier alpha value is -1.92. The fraction of sp³-hybridized carbons (Fsp3) is 0.667. The van der Waals surface area contributed by atoms with Crippen molar-refractivity contribution >= 4 is 11.9 Å². The van der Waals surface area contributed by atoms with Gasteiger partial charge in [0.15, 0.2) is 0 Å². The van der Waals surface area contributed by atoms with E-state index in [-0.39, 0.29) is 17.4 Å². The van der Waals surface area contributed by atoms with Gasteiger partial charge in [-0.25, -0.2) is 0 Å². The van der Waals surface area contributed by atoms with E-state index >= 15 is 0 Å². The number of carbonyl (C=O) groups is 2. The van der Waals surface area contributed by atoms with Gasteiger partial charge in [0.25, 0.3) is 0 Å². The summed E-state index contributed by atoms with van der Waals surface area (Å²) in [4.78, 5) is 26.6. The van der Waals surface area contributed by atoms with E-state index in [2.05, 4.69) is 17.0 Å². The van der Waals surface area contributed by atoms with Gasteiger partial charge in [0.05, 0.1) is 32.7 Å². The molecule has 1 heterocycles. The third-order valence-corrected chi connectivity index (χ3v) is 5.69. The molecule has 0 aromatic heterocycles. The molecule has 168 valence electrons. The second-order valence-electron chi connectivity index (χ2n) is 8.05. The molecule has 1 saturated heterocycles. The molecule has 1 aromatic carbocycles. The number of hydrogen-bond acceptors (Lipinski definition) is 6. The molecule has 0 spiro atoms. The maximum Gasteiger partial charge on any atom is 0.306 e. The summed E-state index contributed by atoms with van der Waals surface area (Å²) in [5.41, 5.74) is 0.862. The molecule has 0 N–H and O–H groups in total. The second-order valence-corrected chi connectivity index (χ2v) is 8.05. The highest BCUT2D eigenvalue weighted by Crippen LogP contribution is 2.39. The van der Waals surface area contributed by atoms with Crippen LogP contribution in [0.5, 0.6) is 0 Å². The average molecular weight is 420 g/mol. The van der Waals surface area contributed by atoms with Crippen molar-refractivity contribution in [3.63, 3.8) is 0 Å². The zero-order valence-electron chi connectivity index (χ0n) is 18.6. The average Bonchev–Trinajstić information content (AvgIpc) is 2.73. The van der Waals surface area contributed by atoms with Crippen molar-refractivity contribution in [3.8, 4) is 0 Å². The van der Waals surface area contributed by atoms with E-state index in [1.165, 1.54) is 5.56 Å². The molecule has 2 rings (SSSR count). The molecule has 0 atom stereocenters. The van der Waals surface area contributed by atoms with E-state index < -0.39 is 0 Å². The lowest BCUT2D eigenvalue weighted by Gasteiger charge is -2.40. The molecule has 6 heteroatoms. The minimum Gasteiger partial charge on any atom is -0.466 e. The van der Waals surface area contributed by atoms with Crippen LogP contribution in [0, 0.1) is 5.41 Å². The third-order valence-electron chi connectivity index (χ3n) is 5.69. The molecule has 1 fully saturated rings. The minimum atomic E-state index is -0.339. The summed E-state index contributed by atoms with van der Waals surface area (Å²) in [5.74, 6) is -0.434. The highest BCUT2D eigenvalue weighted by molar-refractivity contribution is 5.74. The van der Waals surface area contributed by atoms with Crippen molar-refractivity contribution in [3.05, 3.63) is 35.9 Å². The molecule has 0 unspecified atom stereocenters. The molecular formula is C24H37NO5. The van der Waals surface area contributed by atoms with Gasteiger partial charge >= 0.3 is 11.9 Å². The number of nitrogens with zero attached hydrogens (tertiary/aromatic N) is 1. The molecule has 0 bridgehead atoms. The predicted octanol–water partition coefficient (Wildman–Crippen LogP) is 3.97. The Bertz CT molecular complexity index is 604. The quantitative estimate of drug-likeness (QED) is 0.356. The van der Waals surface area contributed by atoms with Crippen molar-refractivity contribution in [2.45, 2.75) is 59.0 Å². The molecule has 0 aliphatic carbocycles. The summed E-state index contributed by atoms with van der Waals surface area (Å²) in [7, 11) is 0. The lowest BCUT2D eigenvalue weighted by Crippen LogP contribution is -2.43. The Morgan fingerprint density at radius 2 is 1.53 bits per heavy atom. The van der Waals surface area contributed by atoms with Crippen LogP contribution in [0.2, 0.25) is 0 Å². The van der Waals surface area contributed by atoms with Crippen LogP contribution in [-0.2, 0) is 30.4 Å². The van der Waals surface area contributed by atoms with Crippen LogP contribution in [0.1, 0.15) is 57.9 Å². The van der Waals surface area contributed by atoms with Crippen molar-refractivity contribution in [1.82, 2.24) is 4.90 Å². The van der Waals surface area contributed by atoms with Gasteiger partial charge in [-0.1, -0.05) is 30.3 Å². The van der Waals surface area contributed by atoms with Crippen LogP contribution < -0.4 is 0 Å². The van der Waals surface area contributed by atoms with Crippen LogP contribution in [0.3, 0.4) is 0 Å². The monoisotopic (exact) mass is 419 g/mol. The van der Waals surface area contributed by atoms with Gasteiger partial charge in [0, 0.05) is 6.61 Å². The van der Waals surface area contributed by atoms with Gasteiger partial charge in [-0.3, -0.25) is 9.59 Å². The highest BCUT2D eigenvalue weighted by atomic mass is 16.5. The van der Waals surface area contributed by atoms with E-state index in [1.54, 1.807) is 0 Å². The number of benzene rings is 1. The molecule has 30 heavy (non-hydrogen) atoms. The van der Waals surface area contributed by atoms with Gasteiger partial charge in [0.1, 0.15) is 0 Å². The topological polar surface area (TPSA) is 65.1 Å². The van der Waals surface area contributed by atoms with Crippen LogP contribution in [-0.4, -0.2) is 56.3 Å². The maximum atomic E-state index is 12.1. The minimum absolute atomic E-state index is 0.217. The number of ether oxygens (including phenoxy) is 3. The lowest BCUT2D eigenvalue weighted by atomic mass is 9.73. The summed E-state index contributed by atoms with van der Waals surface area (Å²) in [6.45, 7) is 8.58. The molecular weight excluding hydrogens is 382 g/mol. The van der Waals surface area contributed by atoms with Gasteiger partial charge in [0.2, 0.25) is 0 Å². The fourth-order valence-electron chi connectivity index (χ4n) is 4.01. The number of esters is 2.